The van der Waals surface area contributed by atoms with Crippen LogP contribution < -0.4 is 5.32 Å². The molecule has 1 aromatic rings. The van der Waals surface area contributed by atoms with Gasteiger partial charge in [-0.1, -0.05) is 42.3 Å². The van der Waals surface area contributed by atoms with Crippen molar-refractivity contribution < 1.29 is 4.42 Å². The quantitative estimate of drug-likeness (QED) is 0.645. The van der Waals surface area contributed by atoms with Crippen molar-refractivity contribution in [2.75, 3.05) is 0 Å². The molecule has 1 saturated heterocycles. The Bertz CT molecular complexity index is 445. The summed E-state index contributed by atoms with van der Waals surface area (Å²) in [6.07, 6.45) is 7.32. The van der Waals surface area contributed by atoms with Gasteiger partial charge in [0, 0.05) is 4.91 Å². The molecule has 0 radical (unpaired) electrons. The molecule has 1 fully saturated rings. The van der Waals surface area contributed by atoms with Gasteiger partial charge in [-0.05, 0) is 24.3 Å². The smallest absolute Gasteiger partial charge is 0.143 e. The molecule has 0 amide bonds. The van der Waals surface area contributed by atoms with Gasteiger partial charge in [-0.15, -0.1) is 0 Å². The third-order valence-electron chi connectivity index (χ3n) is 1.69. The first-order valence-corrected chi connectivity index (χ1v) is 5.84. The SMILES string of the molecule is S=C1NC(=S)/C(=C/C=C/c2ccco2)S1. The van der Waals surface area contributed by atoms with Gasteiger partial charge in [0.05, 0.1) is 6.26 Å². The van der Waals surface area contributed by atoms with Crippen LogP contribution in [0.1, 0.15) is 5.76 Å². The van der Waals surface area contributed by atoms with Gasteiger partial charge in [0.25, 0.3) is 0 Å². The fraction of sp³-hybridized carbons (Fsp3) is 0. The van der Waals surface area contributed by atoms with Crippen molar-refractivity contribution in [3.63, 3.8) is 0 Å². The summed E-state index contributed by atoms with van der Waals surface area (Å²) in [4.78, 5) is 1.66. The number of hydrogen-bond acceptors (Lipinski definition) is 4. The molecular formula is C10H7NOS3. The van der Waals surface area contributed by atoms with Crippen molar-refractivity contribution in [3.05, 3.63) is 41.2 Å². The van der Waals surface area contributed by atoms with Crippen LogP contribution in [0.15, 0.2) is 39.9 Å². The Hall–Kier alpha value is -0.910. The zero-order valence-corrected chi connectivity index (χ0v) is 10.0. The van der Waals surface area contributed by atoms with Crippen molar-refractivity contribution in [2.24, 2.45) is 0 Å². The van der Waals surface area contributed by atoms with E-state index in [4.69, 9.17) is 28.9 Å². The van der Waals surface area contributed by atoms with Gasteiger partial charge in [-0.2, -0.15) is 0 Å². The number of thiocarbonyl (C=S) groups is 2. The Balaban J connectivity index is 2.06. The molecule has 1 aromatic heterocycles. The topological polar surface area (TPSA) is 25.2 Å². The second-order valence-electron chi connectivity index (χ2n) is 2.75. The van der Waals surface area contributed by atoms with Gasteiger partial charge < -0.3 is 9.73 Å². The molecule has 1 N–H and O–H groups in total. The molecule has 1 aliphatic heterocycles. The van der Waals surface area contributed by atoms with Gasteiger partial charge in [0.2, 0.25) is 0 Å². The van der Waals surface area contributed by atoms with Gasteiger partial charge in [0.15, 0.2) is 0 Å². The lowest BCUT2D eigenvalue weighted by molar-refractivity contribution is 0.557. The average Bonchev–Trinajstić information content (AvgIpc) is 2.77. The van der Waals surface area contributed by atoms with E-state index in [0.717, 1.165) is 10.7 Å². The summed E-state index contributed by atoms with van der Waals surface area (Å²) in [7, 11) is 0. The van der Waals surface area contributed by atoms with E-state index >= 15 is 0 Å². The predicted octanol–water partition coefficient (Wildman–Crippen LogP) is 3.13. The summed E-state index contributed by atoms with van der Waals surface area (Å²) >= 11 is 11.5. The van der Waals surface area contributed by atoms with E-state index in [1.807, 2.05) is 30.4 Å². The van der Waals surface area contributed by atoms with Crippen LogP contribution in [0.4, 0.5) is 0 Å². The van der Waals surface area contributed by atoms with Gasteiger partial charge in [-0.25, -0.2) is 0 Å². The van der Waals surface area contributed by atoms with Crippen LogP contribution in [-0.4, -0.2) is 9.31 Å². The average molecular weight is 253 g/mol. The Morgan fingerprint density at radius 3 is 2.87 bits per heavy atom. The maximum absolute atomic E-state index is 5.15. The summed E-state index contributed by atoms with van der Waals surface area (Å²) in [5.41, 5.74) is 0. The number of rotatable bonds is 2. The fourth-order valence-corrected chi connectivity index (χ4v) is 2.49. The molecular weight excluding hydrogens is 246 g/mol. The monoisotopic (exact) mass is 253 g/mol. The molecule has 0 bridgehead atoms. The molecule has 2 heterocycles. The van der Waals surface area contributed by atoms with E-state index in [9.17, 15) is 0 Å². The highest BCUT2D eigenvalue weighted by molar-refractivity contribution is 8.27. The van der Waals surface area contributed by atoms with E-state index in [1.54, 1.807) is 6.26 Å². The van der Waals surface area contributed by atoms with E-state index in [0.29, 0.717) is 9.31 Å². The second-order valence-corrected chi connectivity index (χ2v) is 4.88. The third-order valence-corrected chi connectivity index (χ3v) is 3.34. The van der Waals surface area contributed by atoms with Crippen LogP contribution in [0, 0.1) is 0 Å². The standard InChI is InChI=1S/C10H7NOS3/c13-9-8(15-10(14)11-9)5-1-3-7-4-2-6-12-7/h1-6H,(H,11,13,14)/b3-1+,8-5-. The van der Waals surface area contributed by atoms with E-state index < -0.39 is 0 Å². The summed E-state index contributed by atoms with van der Waals surface area (Å²) in [6, 6.07) is 3.73. The molecule has 0 spiro atoms. The maximum Gasteiger partial charge on any atom is 0.143 e. The maximum atomic E-state index is 5.15. The molecule has 0 aliphatic carbocycles. The zero-order chi connectivity index (χ0) is 10.7. The summed E-state index contributed by atoms with van der Waals surface area (Å²) in [5.74, 6) is 0.816. The second kappa shape index (κ2) is 4.74. The lowest BCUT2D eigenvalue weighted by Gasteiger charge is -1.89. The Labute approximate surface area is 102 Å². The largest absolute Gasteiger partial charge is 0.465 e. The molecule has 2 rings (SSSR count). The van der Waals surface area contributed by atoms with E-state index in [-0.39, 0.29) is 0 Å². The van der Waals surface area contributed by atoms with E-state index in [1.165, 1.54) is 11.8 Å². The van der Waals surface area contributed by atoms with Crippen molar-refractivity contribution in [3.8, 4) is 0 Å². The molecule has 5 heteroatoms. The molecule has 76 valence electrons. The highest BCUT2D eigenvalue weighted by atomic mass is 32.2. The van der Waals surface area contributed by atoms with E-state index in [2.05, 4.69) is 5.32 Å². The number of thioether (sulfide) groups is 1. The Morgan fingerprint density at radius 1 is 1.40 bits per heavy atom. The molecule has 0 unspecified atom stereocenters. The Kier molecular flexibility index (Phi) is 3.35. The minimum absolute atomic E-state index is 0.689. The first-order valence-electron chi connectivity index (χ1n) is 4.21. The predicted molar refractivity (Wildman–Crippen MR) is 71.7 cm³/mol. The van der Waals surface area contributed by atoms with Crippen molar-refractivity contribution in [1.82, 2.24) is 5.32 Å². The lowest BCUT2D eigenvalue weighted by atomic mass is 10.3. The van der Waals surface area contributed by atoms with Gasteiger partial charge >= 0.3 is 0 Å². The Morgan fingerprint density at radius 2 is 2.27 bits per heavy atom. The number of hydrogen-bond donors (Lipinski definition) is 1. The van der Waals surface area contributed by atoms with Crippen LogP contribution in [0.25, 0.3) is 6.08 Å². The van der Waals surface area contributed by atoms with Crippen LogP contribution in [-0.2, 0) is 0 Å². The molecule has 15 heavy (non-hydrogen) atoms. The third kappa shape index (κ3) is 2.77. The summed E-state index contributed by atoms with van der Waals surface area (Å²) < 4.78 is 5.86. The van der Waals surface area contributed by atoms with Crippen molar-refractivity contribution in [1.29, 1.82) is 0 Å². The number of allylic oxidation sites excluding steroid dienone is 2. The van der Waals surface area contributed by atoms with Gasteiger partial charge in [-0.3, -0.25) is 0 Å². The van der Waals surface area contributed by atoms with Crippen LogP contribution in [0.2, 0.25) is 0 Å². The highest BCUT2D eigenvalue weighted by Crippen LogP contribution is 2.24. The lowest BCUT2D eigenvalue weighted by Crippen LogP contribution is -2.15. The van der Waals surface area contributed by atoms with Crippen molar-refractivity contribution >= 4 is 51.6 Å². The fourth-order valence-electron chi connectivity index (χ4n) is 1.05. The van der Waals surface area contributed by atoms with Crippen LogP contribution in [0.3, 0.4) is 0 Å². The molecule has 0 aromatic carbocycles. The number of furan rings is 1. The first-order chi connectivity index (χ1) is 7.25. The number of nitrogens with one attached hydrogen (secondary N) is 1. The zero-order valence-electron chi connectivity index (χ0n) is 7.60. The first kappa shape index (κ1) is 10.6. The summed E-state index contributed by atoms with van der Waals surface area (Å²) in [6.45, 7) is 0. The summed E-state index contributed by atoms with van der Waals surface area (Å²) in [5, 5.41) is 2.91. The molecule has 2 nitrogen and oxygen atoms in total. The van der Waals surface area contributed by atoms with Crippen LogP contribution in [0.5, 0.6) is 0 Å². The molecule has 0 atom stereocenters. The normalized spacial score (nSPS) is 19.1. The minimum atomic E-state index is 0.689. The molecule has 1 aliphatic rings. The molecule has 0 saturated carbocycles. The minimum Gasteiger partial charge on any atom is -0.465 e. The van der Waals surface area contributed by atoms with Gasteiger partial charge in [0.1, 0.15) is 15.1 Å². The van der Waals surface area contributed by atoms with Crippen LogP contribution >= 0.6 is 36.2 Å². The highest BCUT2D eigenvalue weighted by Gasteiger charge is 2.17. The van der Waals surface area contributed by atoms with Crippen molar-refractivity contribution in [2.45, 2.75) is 0 Å².